The first-order valence-corrected chi connectivity index (χ1v) is 6.05. The van der Waals surface area contributed by atoms with Crippen molar-refractivity contribution in [2.24, 2.45) is 0 Å². The third kappa shape index (κ3) is 4.27. The van der Waals surface area contributed by atoms with Crippen LogP contribution in [0.4, 0.5) is 0 Å². The van der Waals surface area contributed by atoms with Crippen molar-refractivity contribution >= 4 is 17.6 Å². The van der Waals surface area contributed by atoms with E-state index in [-0.39, 0.29) is 6.10 Å². The van der Waals surface area contributed by atoms with E-state index in [0.717, 1.165) is 6.42 Å². The number of hydrogen-bond donors (Lipinski definition) is 0. The lowest BCUT2D eigenvalue weighted by Gasteiger charge is -2.10. The molecule has 1 rings (SSSR count). The monoisotopic (exact) mass is 256 g/mol. The van der Waals surface area contributed by atoms with E-state index >= 15 is 0 Å². The van der Waals surface area contributed by atoms with Crippen LogP contribution in [-0.4, -0.2) is 18.7 Å². The number of carbonyl (C=O) groups excluding carboxylic acids is 1. The summed E-state index contributed by atoms with van der Waals surface area (Å²) in [4.78, 5) is 11.7. The highest BCUT2D eigenvalue weighted by molar-refractivity contribution is 6.33. The molecule has 0 spiro atoms. The van der Waals surface area contributed by atoms with Gasteiger partial charge in [0.15, 0.2) is 0 Å². The number of benzene rings is 1. The van der Waals surface area contributed by atoms with E-state index in [4.69, 9.17) is 21.1 Å². The Morgan fingerprint density at radius 1 is 1.41 bits per heavy atom. The van der Waals surface area contributed by atoms with Gasteiger partial charge < -0.3 is 9.47 Å². The summed E-state index contributed by atoms with van der Waals surface area (Å²) in [7, 11) is 0. The number of carbonyl (C=O) groups is 1. The van der Waals surface area contributed by atoms with Gasteiger partial charge in [-0.3, -0.25) is 0 Å². The summed E-state index contributed by atoms with van der Waals surface area (Å²) in [6, 6.07) is 4.98. The maximum atomic E-state index is 11.7. The fraction of sp³-hybridized carbons (Fsp3) is 0.462. The van der Waals surface area contributed by atoms with E-state index in [1.54, 1.807) is 32.0 Å². The van der Waals surface area contributed by atoms with Crippen LogP contribution in [-0.2, 0) is 4.74 Å². The molecule has 1 aromatic rings. The Morgan fingerprint density at radius 2 is 2.12 bits per heavy atom. The lowest BCUT2D eigenvalue weighted by Crippen LogP contribution is -2.12. The molecule has 0 aromatic heterocycles. The molecule has 94 valence electrons. The Hall–Kier alpha value is -1.22. The summed E-state index contributed by atoms with van der Waals surface area (Å²) < 4.78 is 10.5. The first-order valence-electron chi connectivity index (χ1n) is 5.68. The normalized spacial score (nSPS) is 10.4. The van der Waals surface area contributed by atoms with Crippen LogP contribution in [0.2, 0.25) is 5.02 Å². The lowest BCUT2D eigenvalue weighted by atomic mass is 10.2. The van der Waals surface area contributed by atoms with Crippen LogP contribution in [0.1, 0.15) is 37.6 Å². The quantitative estimate of drug-likeness (QED) is 0.754. The van der Waals surface area contributed by atoms with Gasteiger partial charge in [-0.1, -0.05) is 18.5 Å². The fourth-order valence-electron chi connectivity index (χ4n) is 1.25. The molecule has 0 unspecified atom stereocenters. The Kier molecular flexibility index (Phi) is 5.29. The zero-order valence-electron chi connectivity index (χ0n) is 10.3. The van der Waals surface area contributed by atoms with Gasteiger partial charge in [0.25, 0.3) is 0 Å². The predicted molar refractivity (Wildman–Crippen MR) is 67.8 cm³/mol. The first-order chi connectivity index (χ1) is 8.04. The Bertz CT molecular complexity index is 388. The second-order valence-electron chi connectivity index (χ2n) is 3.94. The van der Waals surface area contributed by atoms with E-state index in [1.165, 1.54) is 0 Å². The molecule has 0 saturated heterocycles. The average Bonchev–Trinajstić information content (AvgIpc) is 2.25. The molecule has 0 amide bonds. The molecule has 0 saturated carbocycles. The molecule has 0 aliphatic rings. The highest BCUT2D eigenvalue weighted by atomic mass is 35.5. The fourth-order valence-corrected chi connectivity index (χ4v) is 1.50. The van der Waals surface area contributed by atoms with Gasteiger partial charge >= 0.3 is 5.97 Å². The van der Waals surface area contributed by atoms with Crippen molar-refractivity contribution in [1.29, 1.82) is 0 Å². The van der Waals surface area contributed by atoms with Crippen LogP contribution >= 0.6 is 11.6 Å². The summed E-state index contributed by atoms with van der Waals surface area (Å²) in [5.74, 6) is 0.255. The van der Waals surface area contributed by atoms with Crippen molar-refractivity contribution in [2.45, 2.75) is 33.3 Å². The molecule has 0 aliphatic heterocycles. The topological polar surface area (TPSA) is 35.5 Å². The van der Waals surface area contributed by atoms with Crippen LogP contribution in [0.25, 0.3) is 0 Å². The summed E-state index contributed by atoms with van der Waals surface area (Å²) in [6.45, 7) is 6.25. The van der Waals surface area contributed by atoms with E-state index in [2.05, 4.69) is 0 Å². The molecule has 4 heteroatoms. The SMILES string of the molecule is CCCOc1ccc(C(=O)OC(C)C)c(Cl)c1. The van der Waals surface area contributed by atoms with E-state index in [0.29, 0.717) is 22.9 Å². The standard InChI is InChI=1S/C13H17ClO3/c1-4-7-16-10-5-6-11(12(14)8-10)13(15)17-9(2)3/h5-6,8-9H,4,7H2,1-3H3. The van der Waals surface area contributed by atoms with Crippen LogP contribution in [0.5, 0.6) is 5.75 Å². The summed E-state index contributed by atoms with van der Waals surface area (Å²) in [5, 5.41) is 0.351. The minimum Gasteiger partial charge on any atom is -0.494 e. The number of ether oxygens (including phenoxy) is 2. The Morgan fingerprint density at radius 3 is 2.65 bits per heavy atom. The van der Waals surface area contributed by atoms with Crippen molar-refractivity contribution in [3.05, 3.63) is 28.8 Å². The van der Waals surface area contributed by atoms with Gasteiger partial charge in [0.05, 0.1) is 23.3 Å². The summed E-state index contributed by atoms with van der Waals surface area (Å²) in [5.41, 5.74) is 0.365. The zero-order chi connectivity index (χ0) is 12.8. The highest BCUT2D eigenvalue weighted by Crippen LogP contribution is 2.23. The maximum absolute atomic E-state index is 11.7. The van der Waals surface area contributed by atoms with E-state index < -0.39 is 5.97 Å². The molecule has 0 N–H and O–H groups in total. The van der Waals surface area contributed by atoms with E-state index in [9.17, 15) is 4.79 Å². The van der Waals surface area contributed by atoms with Gasteiger partial charge in [0.1, 0.15) is 5.75 Å². The third-order valence-electron chi connectivity index (χ3n) is 1.98. The van der Waals surface area contributed by atoms with Gasteiger partial charge in [-0.2, -0.15) is 0 Å². The van der Waals surface area contributed by atoms with Crippen molar-refractivity contribution in [1.82, 2.24) is 0 Å². The molecule has 0 heterocycles. The molecular weight excluding hydrogens is 240 g/mol. The smallest absolute Gasteiger partial charge is 0.339 e. The van der Waals surface area contributed by atoms with Gasteiger partial charge in [0.2, 0.25) is 0 Å². The average molecular weight is 257 g/mol. The maximum Gasteiger partial charge on any atom is 0.339 e. The molecular formula is C13H17ClO3. The Labute approximate surface area is 107 Å². The summed E-state index contributed by atoms with van der Waals surface area (Å²) in [6.07, 6.45) is 0.768. The largest absolute Gasteiger partial charge is 0.494 e. The second kappa shape index (κ2) is 6.50. The molecule has 17 heavy (non-hydrogen) atoms. The second-order valence-corrected chi connectivity index (χ2v) is 4.35. The molecule has 0 fully saturated rings. The minimum absolute atomic E-state index is 0.158. The van der Waals surface area contributed by atoms with Gasteiger partial charge in [-0.15, -0.1) is 0 Å². The Balaban J connectivity index is 2.78. The van der Waals surface area contributed by atoms with E-state index in [1.807, 2.05) is 6.92 Å². The third-order valence-corrected chi connectivity index (χ3v) is 2.29. The van der Waals surface area contributed by atoms with Crippen molar-refractivity contribution in [3.63, 3.8) is 0 Å². The molecule has 0 aliphatic carbocycles. The van der Waals surface area contributed by atoms with Crippen LogP contribution < -0.4 is 4.74 Å². The minimum atomic E-state index is -0.410. The molecule has 0 atom stereocenters. The number of hydrogen-bond acceptors (Lipinski definition) is 3. The molecule has 3 nitrogen and oxygen atoms in total. The van der Waals surface area contributed by atoms with Crippen molar-refractivity contribution < 1.29 is 14.3 Å². The van der Waals surface area contributed by atoms with Crippen molar-refractivity contribution in [3.8, 4) is 5.75 Å². The first kappa shape index (κ1) is 13.8. The molecule has 0 radical (unpaired) electrons. The number of esters is 1. The number of rotatable bonds is 5. The van der Waals surface area contributed by atoms with Gasteiger partial charge in [-0.05, 0) is 38.5 Å². The van der Waals surface area contributed by atoms with Gasteiger partial charge in [0, 0.05) is 0 Å². The molecule has 1 aromatic carbocycles. The van der Waals surface area contributed by atoms with Crippen LogP contribution in [0, 0.1) is 0 Å². The summed E-state index contributed by atoms with van der Waals surface area (Å²) >= 11 is 6.01. The van der Waals surface area contributed by atoms with Gasteiger partial charge in [-0.25, -0.2) is 4.79 Å². The molecule has 0 bridgehead atoms. The number of halogens is 1. The van der Waals surface area contributed by atoms with Crippen molar-refractivity contribution in [2.75, 3.05) is 6.61 Å². The van der Waals surface area contributed by atoms with Crippen LogP contribution in [0.15, 0.2) is 18.2 Å². The lowest BCUT2D eigenvalue weighted by molar-refractivity contribution is 0.0378. The zero-order valence-corrected chi connectivity index (χ0v) is 11.1. The van der Waals surface area contributed by atoms with Crippen LogP contribution in [0.3, 0.4) is 0 Å². The predicted octanol–water partition coefficient (Wildman–Crippen LogP) is 3.69. The highest BCUT2D eigenvalue weighted by Gasteiger charge is 2.13.